The number of allylic oxidation sites excluding steroid dienone is 5. The third-order valence-corrected chi connectivity index (χ3v) is 4.02. The van der Waals surface area contributed by atoms with Crippen molar-refractivity contribution >= 4 is 5.97 Å². The number of esters is 1. The van der Waals surface area contributed by atoms with E-state index in [-0.39, 0.29) is 18.5 Å². The Kier molecular flexibility index (Phi) is 12.1. The summed E-state index contributed by atoms with van der Waals surface area (Å²) in [4.78, 5) is 11.7. The largest absolute Gasteiger partial charge is 0.460 e. The molecule has 0 spiro atoms. The second-order valence-electron chi connectivity index (χ2n) is 6.70. The predicted molar refractivity (Wildman–Crippen MR) is 107 cm³/mol. The lowest BCUT2D eigenvalue weighted by molar-refractivity contribution is -0.142. The molecule has 0 aromatic rings. The summed E-state index contributed by atoms with van der Waals surface area (Å²) >= 11 is 0. The molecule has 1 aliphatic rings. The standard InChI is InChI=1S/C22H32O5/c1-18-11-5-2-8-14-20(24)17-21(25)15-9-3-6-12-19(23)13-7-4-10-16-22(26)27-18/h3-4,6-10,12,14,16,18-21,23-25H,2,5,11,13,15,17H2,1H3/b7-4+,9-3-,12-6+,14-8+,16-10-. The smallest absolute Gasteiger partial charge is 0.331 e. The van der Waals surface area contributed by atoms with Crippen LogP contribution in [-0.4, -0.2) is 45.7 Å². The topological polar surface area (TPSA) is 87.0 Å². The van der Waals surface area contributed by atoms with Gasteiger partial charge in [0, 0.05) is 12.5 Å². The maximum Gasteiger partial charge on any atom is 0.331 e. The van der Waals surface area contributed by atoms with Gasteiger partial charge in [-0.05, 0) is 39.0 Å². The van der Waals surface area contributed by atoms with Gasteiger partial charge in [0.05, 0.1) is 24.4 Å². The summed E-state index contributed by atoms with van der Waals surface area (Å²) in [5, 5.41) is 29.7. The van der Waals surface area contributed by atoms with Crippen molar-refractivity contribution in [1.29, 1.82) is 0 Å². The normalized spacial score (nSPS) is 35.6. The van der Waals surface area contributed by atoms with Crippen molar-refractivity contribution in [1.82, 2.24) is 0 Å². The number of cyclic esters (lactones) is 1. The molecule has 0 saturated carbocycles. The Morgan fingerprint density at radius 3 is 2.48 bits per heavy atom. The minimum atomic E-state index is -0.684. The van der Waals surface area contributed by atoms with E-state index in [0.717, 1.165) is 19.3 Å². The molecule has 0 radical (unpaired) electrons. The molecule has 0 saturated heterocycles. The van der Waals surface area contributed by atoms with Gasteiger partial charge in [0.25, 0.3) is 0 Å². The summed E-state index contributed by atoms with van der Waals surface area (Å²) < 4.78 is 5.28. The second-order valence-corrected chi connectivity index (χ2v) is 6.70. The number of rotatable bonds is 0. The molecule has 0 bridgehead atoms. The zero-order valence-corrected chi connectivity index (χ0v) is 16.0. The second kappa shape index (κ2) is 14.2. The number of hydrogen-bond donors (Lipinski definition) is 3. The van der Waals surface area contributed by atoms with Crippen LogP contribution in [-0.2, 0) is 9.53 Å². The lowest BCUT2D eigenvalue weighted by Crippen LogP contribution is -2.15. The number of hydrogen-bond acceptors (Lipinski definition) is 5. The summed E-state index contributed by atoms with van der Waals surface area (Å²) in [7, 11) is 0. The molecule has 5 heteroatoms. The van der Waals surface area contributed by atoms with Crippen molar-refractivity contribution < 1.29 is 24.9 Å². The molecule has 0 aliphatic carbocycles. The van der Waals surface area contributed by atoms with E-state index >= 15 is 0 Å². The van der Waals surface area contributed by atoms with Crippen LogP contribution in [0.5, 0.6) is 0 Å². The van der Waals surface area contributed by atoms with Gasteiger partial charge < -0.3 is 20.1 Å². The summed E-state index contributed by atoms with van der Waals surface area (Å²) in [6, 6.07) is 0. The molecule has 3 N–H and O–H groups in total. The van der Waals surface area contributed by atoms with E-state index in [0.29, 0.717) is 12.8 Å². The zero-order valence-electron chi connectivity index (χ0n) is 16.0. The molecule has 1 heterocycles. The minimum absolute atomic E-state index is 0.178. The summed E-state index contributed by atoms with van der Waals surface area (Å²) in [6.45, 7) is 1.85. The highest BCUT2D eigenvalue weighted by Crippen LogP contribution is 2.09. The van der Waals surface area contributed by atoms with Gasteiger partial charge in [-0.25, -0.2) is 4.79 Å². The summed E-state index contributed by atoms with van der Waals surface area (Å²) in [5.74, 6) is -0.389. The molecule has 5 nitrogen and oxygen atoms in total. The molecular weight excluding hydrogens is 344 g/mol. The number of aliphatic hydroxyl groups is 3. The van der Waals surface area contributed by atoms with Gasteiger partial charge in [0.15, 0.2) is 0 Å². The first kappa shape index (κ1) is 23.1. The van der Waals surface area contributed by atoms with E-state index in [1.54, 1.807) is 42.5 Å². The van der Waals surface area contributed by atoms with E-state index in [9.17, 15) is 20.1 Å². The highest BCUT2D eigenvalue weighted by Gasteiger charge is 2.08. The molecular formula is C22H32O5. The molecule has 0 amide bonds. The zero-order chi connectivity index (χ0) is 19.9. The number of carbonyl (C=O) groups excluding carboxylic acids is 1. The Hall–Kier alpha value is -1.95. The molecule has 4 unspecified atom stereocenters. The molecule has 0 aromatic carbocycles. The molecule has 0 fully saturated rings. The Morgan fingerprint density at radius 1 is 0.926 bits per heavy atom. The van der Waals surface area contributed by atoms with Crippen LogP contribution in [0.4, 0.5) is 0 Å². The van der Waals surface area contributed by atoms with Gasteiger partial charge in [-0.1, -0.05) is 54.7 Å². The van der Waals surface area contributed by atoms with Crippen LogP contribution >= 0.6 is 0 Å². The molecule has 150 valence electrons. The first-order valence-electron chi connectivity index (χ1n) is 9.55. The average molecular weight is 376 g/mol. The van der Waals surface area contributed by atoms with Crippen molar-refractivity contribution in [3.8, 4) is 0 Å². The Morgan fingerprint density at radius 2 is 1.67 bits per heavy atom. The van der Waals surface area contributed by atoms with Crippen molar-refractivity contribution in [2.45, 2.75) is 69.9 Å². The quantitative estimate of drug-likeness (QED) is 0.447. The number of carbonyl (C=O) groups is 1. The third-order valence-electron chi connectivity index (χ3n) is 4.02. The van der Waals surface area contributed by atoms with E-state index in [4.69, 9.17) is 4.74 Å². The average Bonchev–Trinajstić information content (AvgIpc) is 2.60. The van der Waals surface area contributed by atoms with Crippen LogP contribution in [0.2, 0.25) is 0 Å². The Balaban J connectivity index is 2.65. The fourth-order valence-corrected chi connectivity index (χ4v) is 2.54. The molecule has 1 aliphatic heterocycles. The van der Waals surface area contributed by atoms with Crippen molar-refractivity contribution in [2.24, 2.45) is 0 Å². The number of ether oxygens (including phenoxy) is 1. The van der Waals surface area contributed by atoms with Gasteiger partial charge in [-0.3, -0.25) is 0 Å². The lowest BCUT2D eigenvalue weighted by Gasteiger charge is -2.12. The Labute approximate surface area is 162 Å². The van der Waals surface area contributed by atoms with Crippen LogP contribution in [0, 0.1) is 0 Å². The van der Waals surface area contributed by atoms with Gasteiger partial charge in [0.1, 0.15) is 0 Å². The van der Waals surface area contributed by atoms with E-state index in [1.165, 1.54) is 6.08 Å². The van der Waals surface area contributed by atoms with Crippen LogP contribution < -0.4 is 0 Å². The predicted octanol–water partition coefficient (Wildman–Crippen LogP) is 3.14. The Bertz CT molecular complexity index is 559. The third kappa shape index (κ3) is 12.9. The maximum absolute atomic E-state index is 11.7. The maximum atomic E-state index is 11.7. The first-order valence-corrected chi connectivity index (χ1v) is 9.55. The van der Waals surface area contributed by atoms with Crippen LogP contribution in [0.15, 0.2) is 60.8 Å². The fraction of sp³-hybridized carbons (Fsp3) is 0.500. The van der Waals surface area contributed by atoms with Gasteiger partial charge in [-0.15, -0.1) is 0 Å². The van der Waals surface area contributed by atoms with E-state index < -0.39 is 18.3 Å². The monoisotopic (exact) mass is 376 g/mol. The van der Waals surface area contributed by atoms with Crippen molar-refractivity contribution in [3.63, 3.8) is 0 Å². The van der Waals surface area contributed by atoms with Crippen LogP contribution in [0.25, 0.3) is 0 Å². The van der Waals surface area contributed by atoms with Crippen LogP contribution in [0.1, 0.15) is 45.4 Å². The highest BCUT2D eigenvalue weighted by atomic mass is 16.5. The van der Waals surface area contributed by atoms with E-state index in [1.807, 2.05) is 19.1 Å². The molecule has 1 rings (SSSR count). The first-order chi connectivity index (χ1) is 13.0. The SMILES string of the molecule is CC1CCC/C=C/C(O)CC(O)C/C=C\C=C\C(O)C/C=C/C=C\C(=O)O1. The highest BCUT2D eigenvalue weighted by molar-refractivity contribution is 5.82. The fourth-order valence-electron chi connectivity index (χ4n) is 2.54. The minimum Gasteiger partial charge on any atom is -0.460 e. The lowest BCUT2D eigenvalue weighted by atomic mass is 10.1. The number of aliphatic hydroxyl groups excluding tert-OH is 3. The van der Waals surface area contributed by atoms with Crippen LogP contribution in [0.3, 0.4) is 0 Å². The van der Waals surface area contributed by atoms with E-state index in [2.05, 4.69) is 0 Å². The summed E-state index contributed by atoms with van der Waals surface area (Å²) in [5.41, 5.74) is 0. The molecule has 0 aromatic heterocycles. The van der Waals surface area contributed by atoms with Gasteiger partial charge in [-0.2, -0.15) is 0 Å². The molecule has 27 heavy (non-hydrogen) atoms. The molecule has 4 atom stereocenters. The van der Waals surface area contributed by atoms with Crippen molar-refractivity contribution in [2.75, 3.05) is 0 Å². The van der Waals surface area contributed by atoms with Gasteiger partial charge >= 0.3 is 5.97 Å². The summed E-state index contributed by atoms with van der Waals surface area (Å²) in [6.07, 6.45) is 18.4. The van der Waals surface area contributed by atoms with Gasteiger partial charge in [0.2, 0.25) is 0 Å². The van der Waals surface area contributed by atoms with Crippen molar-refractivity contribution in [3.05, 3.63) is 60.8 Å².